The number of hydrogen-bond donors (Lipinski definition) is 1. The van der Waals surface area contributed by atoms with Gasteiger partial charge in [0.15, 0.2) is 6.61 Å². The number of thioether (sulfide) groups is 1. The molecule has 0 unspecified atom stereocenters. The van der Waals surface area contributed by atoms with Crippen LogP contribution in [0.5, 0.6) is 0 Å². The highest BCUT2D eigenvalue weighted by Crippen LogP contribution is 2.23. The van der Waals surface area contributed by atoms with Crippen molar-refractivity contribution in [1.82, 2.24) is 4.90 Å². The van der Waals surface area contributed by atoms with E-state index in [9.17, 15) is 14.4 Å². The molecule has 1 aromatic rings. The van der Waals surface area contributed by atoms with Gasteiger partial charge in [-0.1, -0.05) is 17.7 Å². The molecule has 1 fully saturated rings. The van der Waals surface area contributed by atoms with Gasteiger partial charge in [0.2, 0.25) is 5.91 Å². The third-order valence-electron chi connectivity index (χ3n) is 4.28. The van der Waals surface area contributed by atoms with E-state index < -0.39 is 5.97 Å². The van der Waals surface area contributed by atoms with E-state index >= 15 is 0 Å². The van der Waals surface area contributed by atoms with Gasteiger partial charge in [0.1, 0.15) is 0 Å². The molecule has 1 saturated heterocycles. The number of rotatable bonds is 6. The largest absolute Gasteiger partial charge is 0.455 e. The highest BCUT2D eigenvalue weighted by molar-refractivity contribution is 8.00. The molecule has 0 atom stereocenters. The minimum absolute atomic E-state index is 0.166. The first-order valence-electron chi connectivity index (χ1n) is 8.29. The Balaban J connectivity index is 1.71. The lowest BCUT2D eigenvalue weighted by molar-refractivity contribution is -0.150. The van der Waals surface area contributed by atoms with E-state index in [1.807, 2.05) is 26.0 Å². The van der Waals surface area contributed by atoms with Crippen LogP contribution in [0.3, 0.4) is 0 Å². The van der Waals surface area contributed by atoms with E-state index in [-0.39, 0.29) is 30.1 Å². The van der Waals surface area contributed by atoms with Gasteiger partial charge in [0.25, 0.3) is 5.91 Å². The maximum Gasteiger partial charge on any atom is 0.316 e. The number of piperidine rings is 1. The lowest BCUT2D eigenvalue weighted by Gasteiger charge is -2.30. The average Bonchev–Trinajstić information content (AvgIpc) is 2.59. The number of carbonyl (C=O) groups is 3. The predicted molar refractivity (Wildman–Crippen MR) is 96.1 cm³/mol. The Morgan fingerprint density at radius 3 is 2.52 bits per heavy atom. The van der Waals surface area contributed by atoms with E-state index in [4.69, 9.17) is 10.5 Å². The molecule has 1 aliphatic rings. The molecule has 25 heavy (non-hydrogen) atoms. The number of likely N-dealkylation sites (tertiary alicyclic amines) is 1. The second kappa shape index (κ2) is 8.89. The van der Waals surface area contributed by atoms with Gasteiger partial charge in [-0.3, -0.25) is 14.4 Å². The van der Waals surface area contributed by atoms with E-state index in [1.54, 1.807) is 4.90 Å². The van der Waals surface area contributed by atoms with Crippen LogP contribution in [0, 0.1) is 19.8 Å². The second-order valence-electron chi connectivity index (χ2n) is 6.28. The molecule has 0 saturated carbocycles. The normalized spacial score (nSPS) is 15.0. The summed E-state index contributed by atoms with van der Waals surface area (Å²) in [6.45, 7) is 4.71. The minimum atomic E-state index is -0.412. The molecule has 7 heteroatoms. The number of benzene rings is 1. The van der Waals surface area contributed by atoms with Crippen molar-refractivity contribution >= 4 is 29.5 Å². The van der Waals surface area contributed by atoms with Crippen LogP contribution in [-0.2, 0) is 19.1 Å². The van der Waals surface area contributed by atoms with Gasteiger partial charge in [-0.2, -0.15) is 0 Å². The third kappa shape index (κ3) is 5.77. The first-order valence-corrected chi connectivity index (χ1v) is 9.28. The predicted octanol–water partition coefficient (Wildman–Crippen LogP) is 1.66. The Labute approximate surface area is 152 Å². The molecular weight excluding hydrogens is 340 g/mol. The zero-order chi connectivity index (χ0) is 18.4. The van der Waals surface area contributed by atoms with E-state index in [0.717, 1.165) is 10.5 Å². The summed E-state index contributed by atoms with van der Waals surface area (Å²) in [4.78, 5) is 37.7. The highest BCUT2D eigenvalue weighted by atomic mass is 32.2. The Morgan fingerprint density at radius 1 is 1.24 bits per heavy atom. The standard InChI is InChI=1S/C18H24N2O4S/c1-12-3-4-15(13(2)9-12)25-11-17(22)24-10-16(21)20-7-5-14(6-8-20)18(19)23/h3-4,9,14H,5-8,10-11H2,1-2H3,(H2,19,23). The zero-order valence-corrected chi connectivity index (χ0v) is 15.4. The van der Waals surface area contributed by atoms with Gasteiger partial charge in [0, 0.05) is 23.9 Å². The number of ether oxygens (including phenoxy) is 1. The quantitative estimate of drug-likeness (QED) is 0.612. The Morgan fingerprint density at radius 2 is 1.92 bits per heavy atom. The SMILES string of the molecule is Cc1ccc(SCC(=O)OCC(=O)N2CCC(C(N)=O)CC2)c(C)c1. The average molecular weight is 364 g/mol. The van der Waals surface area contributed by atoms with E-state index in [0.29, 0.717) is 25.9 Å². The number of nitrogens with zero attached hydrogens (tertiary/aromatic N) is 1. The van der Waals surface area contributed by atoms with Gasteiger partial charge >= 0.3 is 5.97 Å². The topological polar surface area (TPSA) is 89.7 Å². The van der Waals surface area contributed by atoms with Crippen LogP contribution in [0.2, 0.25) is 0 Å². The summed E-state index contributed by atoms with van der Waals surface area (Å²) in [7, 11) is 0. The van der Waals surface area contributed by atoms with Gasteiger partial charge in [0.05, 0.1) is 5.75 Å². The smallest absolute Gasteiger partial charge is 0.316 e. The lowest BCUT2D eigenvalue weighted by atomic mass is 9.96. The van der Waals surface area contributed by atoms with Crippen LogP contribution in [0.1, 0.15) is 24.0 Å². The molecule has 1 aromatic carbocycles. The molecule has 2 N–H and O–H groups in total. The van der Waals surface area contributed by atoms with Gasteiger partial charge in [-0.25, -0.2) is 0 Å². The molecule has 1 aliphatic heterocycles. The van der Waals surface area contributed by atoms with Crippen LogP contribution in [0.25, 0.3) is 0 Å². The van der Waals surface area contributed by atoms with Crippen LogP contribution in [0.15, 0.2) is 23.1 Å². The summed E-state index contributed by atoms with van der Waals surface area (Å²) in [6, 6.07) is 6.05. The number of aryl methyl sites for hydroxylation is 2. The lowest BCUT2D eigenvalue weighted by Crippen LogP contribution is -2.43. The molecular formula is C18H24N2O4S. The number of primary amides is 1. The summed E-state index contributed by atoms with van der Waals surface area (Å²) in [5.74, 6) is -0.957. The van der Waals surface area contributed by atoms with E-state index in [1.165, 1.54) is 17.3 Å². The Hall–Kier alpha value is -2.02. The van der Waals surface area contributed by atoms with Crippen molar-refractivity contribution in [3.63, 3.8) is 0 Å². The fraction of sp³-hybridized carbons (Fsp3) is 0.500. The molecule has 2 amide bonds. The van der Waals surface area contributed by atoms with Crippen molar-refractivity contribution in [3.05, 3.63) is 29.3 Å². The number of esters is 1. The third-order valence-corrected chi connectivity index (χ3v) is 5.43. The van der Waals surface area contributed by atoms with Crippen molar-refractivity contribution in [2.24, 2.45) is 11.7 Å². The molecule has 136 valence electrons. The molecule has 6 nitrogen and oxygen atoms in total. The van der Waals surface area contributed by atoms with Gasteiger partial charge < -0.3 is 15.4 Å². The Bertz CT molecular complexity index is 654. The van der Waals surface area contributed by atoms with Gasteiger partial charge in [-0.05, 0) is 38.3 Å². The molecule has 1 heterocycles. The van der Waals surface area contributed by atoms with Crippen LogP contribution < -0.4 is 5.73 Å². The van der Waals surface area contributed by atoms with Crippen LogP contribution in [-0.4, -0.2) is 48.1 Å². The van der Waals surface area contributed by atoms with Crippen molar-refractivity contribution in [2.45, 2.75) is 31.6 Å². The monoisotopic (exact) mass is 364 g/mol. The maximum atomic E-state index is 12.1. The number of amides is 2. The van der Waals surface area contributed by atoms with Crippen molar-refractivity contribution in [2.75, 3.05) is 25.4 Å². The summed E-state index contributed by atoms with van der Waals surface area (Å²) in [6.07, 6.45) is 1.13. The number of carbonyl (C=O) groups excluding carboxylic acids is 3. The second-order valence-corrected chi connectivity index (χ2v) is 7.29. The molecule has 0 aliphatic carbocycles. The summed E-state index contributed by atoms with van der Waals surface area (Å²) < 4.78 is 5.07. The van der Waals surface area contributed by atoms with Crippen molar-refractivity contribution in [3.8, 4) is 0 Å². The highest BCUT2D eigenvalue weighted by Gasteiger charge is 2.26. The van der Waals surface area contributed by atoms with Gasteiger partial charge in [-0.15, -0.1) is 11.8 Å². The molecule has 0 radical (unpaired) electrons. The zero-order valence-electron chi connectivity index (χ0n) is 14.6. The first kappa shape index (κ1) is 19.3. The summed E-state index contributed by atoms with van der Waals surface area (Å²) >= 11 is 1.40. The molecule has 2 rings (SSSR count). The number of hydrogen-bond acceptors (Lipinski definition) is 5. The van der Waals surface area contributed by atoms with Crippen LogP contribution >= 0.6 is 11.8 Å². The van der Waals surface area contributed by atoms with Crippen molar-refractivity contribution < 1.29 is 19.1 Å². The molecule has 0 aromatic heterocycles. The fourth-order valence-electron chi connectivity index (χ4n) is 2.79. The maximum absolute atomic E-state index is 12.1. The summed E-state index contributed by atoms with van der Waals surface area (Å²) in [5.41, 5.74) is 7.57. The van der Waals surface area contributed by atoms with Crippen molar-refractivity contribution in [1.29, 1.82) is 0 Å². The minimum Gasteiger partial charge on any atom is -0.455 e. The summed E-state index contributed by atoms with van der Waals surface area (Å²) in [5, 5.41) is 0. The first-order chi connectivity index (χ1) is 11.9. The fourth-order valence-corrected chi connectivity index (χ4v) is 3.59. The Kier molecular flexibility index (Phi) is 6.87. The molecule has 0 spiro atoms. The molecule has 0 bridgehead atoms. The van der Waals surface area contributed by atoms with E-state index in [2.05, 4.69) is 6.07 Å². The van der Waals surface area contributed by atoms with Crippen LogP contribution in [0.4, 0.5) is 0 Å². The number of nitrogens with two attached hydrogens (primary N) is 1.